The third-order valence-electron chi connectivity index (χ3n) is 5.09. The Morgan fingerprint density at radius 1 is 0.970 bits per heavy atom. The molecule has 3 aromatic carbocycles. The number of ether oxygens (including phenoxy) is 3. The summed E-state index contributed by atoms with van der Waals surface area (Å²) in [6.07, 6.45) is 1.64. The number of rotatable bonds is 7. The molecule has 0 atom stereocenters. The molecule has 0 aliphatic carbocycles. The Morgan fingerprint density at radius 3 is 2.36 bits per heavy atom. The van der Waals surface area contributed by atoms with Gasteiger partial charge in [0.2, 0.25) is 0 Å². The van der Waals surface area contributed by atoms with Crippen molar-refractivity contribution >= 4 is 23.5 Å². The number of halogens is 1. The lowest BCUT2D eigenvalue weighted by Gasteiger charge is -2.19. The minimum Gasteiger partial charge on any atom is -0.494 e. The molecule has 6 nitrogen and oxygen atoms in total. The van der Waals surface area contributed by atoms with Crippen LogP contribution in [0.1, 0.15) is 18.1 Å². The molecular weight excluding hydrogens is 423 g/mol. The highest BCUT2D eigenvalue weighted by Crippen LogP contribution is 2.32. The van der Waals surface area contributed by atoms with Gasteiger partial charge in [0, 0.05) is 0 Å². The third-order valence-corrected chi connectivity index (χ3v) is 5.09. The van der Waals surface area contributed by atoms with Gasteiger partial charge in [0.05, 0.1) is 32.1 Å². The van der Waals surface area contributed by atoms with Gasteiger partial charge in [-0.1, -0.05) is 18.2 Å². The smallest absolute Gasteiger partial charge is 0.282 e. The second-order valence-corrected chi connectivity index (χ2v) is 7.13. The quantitative estimate of drug-likeness (QED) is 0.475. The molecule has 3 aromatic rings. The summed E-state index contributed by atoms with van der Waals surface area (Å²) >= 11 is 0. The molecule has 0 unspecified atom stereocenters. The molecule has 1 amide bonds. The van der Waals surface area contributed by atoms with Gasteiger partial charge in [0.15, 0.2) is 17.3 Å². The predicted molar refractivity (Wildman–Crippen MR) is 126 cm³/mol. The standard InChI is InChI=1S/C26H23FN2O4/c1-4-33-19-12-10-18(11-13-19)29-25(20-7-5-6-8-21(20)27)28-22(26(29)30)15-17-9-14-23(31-2)24(16-17)32-3/h5-16H,4H2,1-3H3/b22-15+. The molecule has 0 radical (unpaired) electrons. The van der Waals surface area contributed by atoms with Gasteiger partial charge < -0.3 is 14.2 Å². The lowest BCUT2D eigenvalue weighted by Crippen LogP contribution is -2.33. The molecule has 168 valence electrons. The minimum atomic E-state index is -0.465. The van der Waals surface area contributed by atoms with Crippen molar-refractivity contribution in [3.05, 3.63) is 89.4 Å². The fourth-order valence-electron chi connectivity index (χ4n) is 3.54. The fraction of sp³-hybridized carbons (Fsp3) is 0.154. The molecule has 4 rings (SSSR count). The highest BCUT2D eigenvalue weighted by atomic mass is 19.1. The van der Waals surface area contributed by atoms with Gasteiger partial charge in [-0.05, 0) is 67.1 Å². The van der Waals surface area contributed by atoms with Crippen molar-refractivity contribution in [3.8, 4) is 17.2 Å². The highest BCUT2D eigenvalue weighted by Gasteiger charge is 2.33. The van der Waals surface area contributed by atoms with Crippen molar-refractivity contribution in [1.29, 1.82) is 0 Å². The number of methoxy groups -OCH3 is 2. The predicted octanol–water partition coefficient (Wildman–Crippen LogP) is 5.08. The Bertz CT molecular complexity index is 1240. The number of carbonyl (C=O) groups is 1. The molecule has 0 aromatic heterocycles. The molecule has 7 heteroatoms. The van der Waals surface area contributed by atoms with E-state index in [2.05, 4.69) is 4.99 Å². The first-order valence-electron chi connectivity index (χ1n) is 10.4. The first-order valence-corrected chi connectivity index (χ1v) is 10.4. The molecular formula is C26H23FN2O4. The largest absolute Gasteiger partial charge is 0.494 e. The Morgan fingerprint density at radius 2 is 1.70 bits per heavy atom. The summed E-state index contributed by atoms with van der Waals surface area (Å²) in [4.78, 5) is 19.4. The molecule has 0 saturated heterocycles. The minimum absolute atomic E-state index is 0.175. The topological polar surface area (TPSA) is 60.4 Å². The van der Waals surface area contributed by atoms with Gasteiger partial charge in [-0.3, -0.25) is 9.69 Å². The summed E-state index contributed by atoms with van der Waals surface area (Å²) in [5.41, 5.74) is 1.66. The summed E-state index contributed by atoms with van der Waals surface area (Å²) in [6, 6.07) is 18.6. The Kier molecular flexibility index (Phi) is 6.40. The van der Waals surface area contributed by atoms with Crippen LogP contribution in [0.5, 0.6) is 17.2 Å². The zero-order valence-electron chi connectivity index (χ0n) is 18.5. The van der Waals surface area contributed by atoms with Crippen LogP contribution in [-0.4, -0.2) is 32.6 Å². The van der Waals surface area contributed by atoms with Crippen molar-refractivity contribution in [2.75, 3.05) is 25.7 Å². The van der Waals surface area contributed by atoms with E-state index >= 15 is 0 Å². The normalized spacial score (nSPS) is 14.4. The zero-order valence-corrected chi connectivity index (χ0v) is 18.5. The van der Waals surface area contributed by atoms with E-state index in [-0.39, 0.29) is 23.0 Å². The Balaban J connectivity index is 1.79. The maximum atomic E-state index is 14.7. The van der Waals surface area contributed by atoms with E-state index in [9.17, 15) is 9.18 Å². The SMILES string of the molecule is CCOc1ccc(N2C(=O)/C(=C\c3ccc(OC)c(OC)c3)N=C2c2ccccc2F)cc1. The molecule has 0 N–H and O–H groups in total. The lowest BCUT2D eigenvalue weighted by molar-refractivity contribution is -0.113. The van der Waals surface area contributed by atoms with E-state index in [1.165, 1.54) is 18.1 Å². The molecule has 1 heterocycles. The van der Waals surface area contributed by atoms with Crippen LogP contribution in [0, 0.1) is 5.82 Å². The van der Waals surface area contributed by atoms with Crippen molar-refractivity contribution in [3.63, 3.8) is 0 Å². The number of hydrogen-bond donors (Lipinski definition) is 0. The number of amides is 1. The van der Waals surface area contributed by atoms with E-state index in [0.717, 1.165) is 0 Å². The maximum absolute atomic E-state index is 14.7. The lowest BCUT2D eigenvalue weighted by atomic mass is 10.1. The Labute approximate surface area is 191 Å². The number of anilines is 1. The van der Waals surface area contributed by atoms with Crippen molar-refractivity contribution < 1.29 is 23.4 Å². The van der Waals surface area contributed by atoms with Crippen LogP contribution < -0.4 is 19.1 Å². The number of nitrogens with zero attached hydrogens (tertiary/aromatic N) is 2. The van der Waals surface area contributed by atoms with E-state index in [1.54, 1.807) is 73.8 Å². The molecule has 1 aliphatic heterocycles. The van der Waals surface area contributed by atoms with E-state index in [0.29, 0.717) is 35.1 Å². The van der Waals surface area contributed by atoms with Gasteiger partial charge in [-0.15, -0.1) is 0 Å². The van der Waals surface area contributed by atoms with Gasteiger partial charge in [-0.25, -0.2) is 9.38 Å². The third kappa shape index (κ3) is 4.43. The summed E-state index contributed by atoms with van der Waals surface area (Å²) in [6.45, 7) is 2.42. The number of carbonyl (C=O) groups excluding carboxylic acids is 1. The first kappa shape index (κ1) is 22.1. The van der Waals surface area contributed by atoms with Crippen LogP contribution in [0.3, 0.4) is 0 Å². The molecule has 33 heavy (non-hydrogen) atoms. The Hall–Kier alpha value is -4.13. The molecule has 0 saturated carbocycles. The van der Waals surface area contributed by atoms with E-state index in [1.807, 2.05) is 6.92 Å². The summed E-state index contributed by atoms with van der Waals surface area (Å²) < 4.78 is 30.8. The zero-order chi connectivity index (χ0) is 23.4. The highest BCUT2D eigenvalue weighted by molar-refractivity contribution is 6.33. The van der Waals surface area contributed by atoms with Crippen LogP contribution in [-0.2, 0) is 4.79 Å². The number of hydrogen-bond acceptors (Lipinski definition) is 5. The van der Waals surface area contributed by atoms with E-state index in [4.69, 9.17) is 14.2 Å². The van der Waals surface area contributed by atoms with Gasteiger partial charge >= 0.3 is 0 Å². The summed E-state index contributed by atoms with van der Waals surface area (Å²) in [7, 11) is 3.09. The van der Waals surface area contributed by atoms with E-state index < -0.39 is 5.82 Å². The van der Waals surface area contributed by atoms with Gasteiger partial charge in [0.25, 0.3) is 5.91 Å². The molecule has 1 aliphatic rings. The van der Waals surface area contributed by atoms with Crippen molar-refractivity contribution in [2.45, 2.75) is 6.92 Å². The van der Waals surface area contributed by atoms with Crippen LogP contribution >= 0.6 is 0 Å². The van der Waals surface area contributed by atoms with Crippen LogP contribution in [0.25, 0.3) is 6.08 Å². The summed E-state index contributed by atoms with van der Waals surface area (Å²) in [5, 5.41) is 0. The number of benzene rings is 3. The van der Waals surface area contributed by atoms with Gasteiger partial charge in [0.1, 0.15) is 17.3 Å². The second kappa shape index (κ2) is 9.56. The average molecular weight is 446 g/mol. The average Bonchev–Trinajstić information content (AvgIpc) is 3.15. The van der Waals surface area contributed by atoms with Crippen molar-refractivity contribution in [2.24, 2.45) is 4.99 Å². The first-order chi connectivity index (χ1) is 16.0. The number of amidine groups is 1. The van der Waals surface area contributed by atoms with Crippen LogP contribution in [0.2, 0.25) is 0 Å². The summed E-state index contributed by atoms with van der Waals surface area (Å²) in [5.74, 6) is 1.16. The van der Waals surface area contributed by atoms with Crippen LogP contribution in [0.4, 0.5) is 10.1 Å². The van der Waals surface area contributed by atoms with Crippen molar-refractivity contribution in [1.82, 2.24) is 0 Å². The second-order valence-electron chi connectivity index (χ2n) is 7.13. The fourth-order valence-corrected chi connectivity index (χ4v) is 3.54. The molecule has 0 bridgehead atoms. The maximum Gasteiger partial charge on any atom is 0.282 e. The van der Waals surface area contributed by atoms with Gasteiger partial charge in [-0.2, -0.15) is 0 Å². The monoisotopic (exact) mass is 446 g/mol. The molecule has 0 spiro atoms. The molecule has 0 fully saturated rings. The van der Waals surface area contributed by atoms with Crippen LogP contribution in [0.15, 0.2) is 77.4 Å². The number of aliphatic imine (C=N–C) groups is 1.